The number of methoxy groups -OCH3 is 1. The van der Waals surface area contributed by atoms with Crippen LogP contribution in [-0.4, -0.2) is 18.4 Å². The van der Waals surface area contributed by atoms with E-state index in [4.69, 9.17) is 40.2 Å². The first-order valence-electron chi connectivity index (χ1n) is 6.28. The lowest BCUT2D eigenvalue weighted by Gasteiger charge is -2.10. The third-order valence-corrected chi connectivity index (χ3v) is 3.44. The second kappa shape index (κ2) is 7.98. The topological polar surface area (TPSA) is 45.6 Å². The van der Waals surface area contributed by atoms with Crippen molar-refractivity contribution in [3.8, 4) is 5.75 Å². The van der Waals surface area contributed by atoms with E-state index < -0.39 is 0 Å². The molecule has 2 aromatic rings. The molecule has 0 amide bonds. The fourth-order valence-electron chi connectivity index (χ4n) is 1.66. The monoisotopic (exact) mass is 353 g/mol. The summed E-state index contributed by atoms with van der Waals surface area (Å²) in [6.45, 7) is 0. The fourth-order valence-corrected chi connectivity index (χ4v) is 2.28. The second-order valence-corrected chi connectivity index (χ2v) is 5.44. The van der Waals surface area contributed by atoms with Crippen LogP contribution in [0.3, 0.4) is 0 Å². The zero-order chi connectivity index (χ0) is 15.9. The van der Waals surface area contributed by atoms with E-state index in [-0.39, 0.29) is 0 Å². The lowest BCUT2D eigenvalue weighted by molar-refractivity contribution is 0.417. The minimum Gasteiger partial charge on any atom is -0.495 e. The van der Waals surface area contributed by atoms with Crippen molar-refractivity contribution in [2.24, 2.45) is 5.10 Å². The summed E-state index contributed by atoms with van der Waals surface area (Å²) in [5.74, 6) is 0.691. The van der Waals surface area contributed by atoms with Crippen LogP contribution in [0.5, 0.6) is 5.75 Å². The number of halogens is 2. The van der Waals surface area contributed by atoms with Gasteiger partial charge in [-0.05, 0) is 36.5 Å². The summed E-state index contributed by atoms with van der Waals surface area (Å²) < 4.78 is 5.23. The molecule has 0 aliphatic carbocycles. The molecular weight excluding hydrogens is 341 g/mol. The van der Waals surface area contributed by atoms with Gasteiger partial charge in [0, 0.05) is 10.6 Å². The molecule has 2 rings (SSSR count). The maximum atomic E-state index is 6.05. The molecule has 0 aromatic heterocycles. The van der Waals surface area contributed by atoms with E-state index in [1.807, 2.05) is 24.3 Å². The molecule has 0 aliphatic rings. The molecule has 0 aliphatic heterocycles. The van der Waals surface area contributed by atoms with Crippen molar-refractivity contribution in [2.75, 3.05) is 12.4 Å². The molecule has 0 atom stereocenters. The summed E-state index contributed by atoms with van der Waals surface area (Å²) in [5, 5.41) is 8.46. The van der Waals surface area contributed by atoms with Crippen molar-refractivity contribution >= 4 is 52.4 Å². The molecule has 0 radical (unpaired) electrons. The van der Waals surface area contributed by atoms with E-state index in [9.17, 15) is 0 Å². The van der Waals surface area contributed by atoms with Gasteiger partial charge in [0.2, 0.25) is 0 Å². The van der Waals surface area contributed by atoms with Crippen LogP contribution in [0.25, 0.3) is 0 Å². The largest absolute Gasteiger partial charge is 0.495 e. The van der Waals surface area contributed by atoms with Gasteiger partial charge < -0.3 is 10.1 Å². The number of thiocarbonyl (C=S) groups is 1. The molecule has 0 fully saturated rings. The van der Waals surface area contributed by atoms with Crippen LogP contribution < -0.4 is 15.5 Å². The highest BCUT2D eigenvalue weighted by Crippen LogP contribution is 2.22. The van der Waals surface area contributed by atoms with Crippen molar-refractivity contribution in [1.82, 2.24) is 5.43 Å². The van der Waals surface area contributed by atoms with Gasteiger partial charge in [-0.1, -0.05) is 41.4 Å². The molecule has 0 saturated carbocycles. The predicted octanol–water partition coefficient (Wildman–Crippen LogP) is 4.32. The predicted molar refractivity (Wildman–Crippen MR) is 96.4 cm³/mol. The summed E-state index contributed by atoms with van der Waals surface area (Å²) in [7, 11) is 1.59. The maximum absolute atomic E-state index is 6.05. The van der Waals surface area contributed by atoms with Crippen LogP contribution in [0.15, 0.2) is 47.6 Å². The van der Waals surface area contributed by atoms with E-state index in [1.54, 1.807) is 31.5 Å². The van der Waals surface area contributed by atoms with Crippen molar-refractivity contribution in [1.29, 1.82) is 0 Å². The Morgan fingerprint density at radius 1 is 1.23 bits per heavy atom. The van der Waals surface area contributed by atoms with E-state index in [0.717, 1.165) is 11.3 Å². The van der Waals surface area contributed by atoms with Gasteiger partial charge in [-0.3, -0.25) is 5.43 Å². The number of anilines is 1. The average Bonchev–Trinajstić information content (AvgIpc) is 2.50. The number of hydrazone groups is 1. The summed E-state index contributed by atoms with van der Waals surface area (Å²) >= 11 is 17.0. The molecule has 7 heteroatoms. The second-order valence-electron chi connectivity index (χ2n) is 4.19. The molecule has 0 bridgehead atoms. The molecule has 0 spiro atoms. The summed E-state index contributed by atoms with van der Waals surface area (Å²) in [6, 6.07) is 12.6. The number of para-hydroxylation sites is 2. The van der Waals surface area contributed by atoms with Gasteiger partial charge in [-0.15, -0.1) is 0 Å². The standard InChI is InChI=1S/C15H13Cl2N3OS/c1-21-14-5-3-2-4-13(14)19-15(22)20-18-9-10-6-7-11(16)8-12(10)17/h2-9H,1H3,(H2,19,20,22)/b18-9+. The zero-order valence-electron chi connectivity index (χ0n) is 11.6. The van der Waals surface area contributed by atoms with E-state index >= 15 is 0 Å². The molecule has 22 heavy (non-hydrogen) atoms. The fraction of sp³-hybridized carbons (Fsp3) is 0.0667. The molecule has 4 nitrogen and oxygen atoms in total. The van der Waals surface area contributed by atoms with Crippen LogP contribution in [-0.2, 0) is 0 Å². The van der Waals surface area contributed by atoms with Crippen LogP contribution in [0, 0.1) is 0 Å². The van der Waals surface area contributed by atoms with Gasteiger partial charge in [0.25, 0.3) is 0 Å². The highest BCUT2D eigenvalue weighted by atomic mass is 35.5. The van der Waals surface area contributed by atoms with Crippen LogP contribution >= 0.6 is 35.4 Å². The Kier molecular flexibility index (Phi) is 6.00. The minimum absolute atomic E-state index is 0.339. The van der Waals surface area contributed by atoms with Crippen LogP contribution in [0.4, 0.5) is 5.69 Å². The first-order valence-corrected chi connectivity index (χ1v) is 7.44. The molecule has 0 saturated heterocycles. The Hall–Kier alpha value is -1.82. The van der Waals surface area contributed by atoms with E-state index in [2.05, 4.69) is 15.8 Å². The van der Waals surface area contributed by atoms with Crippen LogP contribution in [0.1, 0.15) is 5.56 Å². The van der Waals surface area contributed by atoms with Crippen molar-refractivity contribution in [3.63, 3.8) is 0 Å². The number of hydrogen-bond acceptors (Lipinski definition) is 3. The summed E-state index contributed by atoms with van der Waals surface area (Å²) in [6.07, 6.45) is 1.56. The molecular formula is C15H13Cl2N3OS. The maximum Gasteiger partial charge on any atom is 0.191 e. The average molecular weight is 354 g/mol. The third-order valence-electron chi connectivity index (χ3n) is 2.69. The SMILES string of the molecule is COc1ccccc1NC(=S)N/N=C/c1ccc(Cl)cc1Cl. The Balaban J connectivity index is 1.96. The zero-order valence-corrected chi connectivity index (χ0v) is 14.0. The van der Waals surface area contributed by atoms with Crippen molar-refractivity contribution in [3.05, 3.63) is 58.1 Å². The summed E-state index contributed by atoms with van der Waals surface area (Å²) in [5.41, 5.74) is 4.20. The Bertz CT molecular complexity index is 707. The van der Waals surface area contributed by atoms with Gasteiger partial charge in [0.05, 0.1) is 24.0 Å². The van der Waals surface area contributed by atoms with E-state index in [1.165, 1.54) is 0 Å². The van der Waals surface area contributed by atoms with Crippen molar-refractivity contribution < 1.29 is 4.74 Å². The number of rotatable bonds is 4. The quantitative estimate of drug-likeness (QED) is 0.488. The first-order chi connectivity index (χ1) is 10.6. The number of benzene rings is 2. The number of hydrogen-bond donors (Lipinski definition) is 2. The van der Waals surface area contributed by atoms with Gasteiger partial charge in [-0.25, -0.2) is 0 Å². The van der Waals surface area contributed by atoms with Gasteiger partial charge in [-0.2, -0.15) is 5.10 Å². The highest BCUT2D eigenvalue weighted by molar-refractivity contribution is 7.80. The number of nitrogens with one attached hydrogen (secondary N) is 2. The lowest BCUT2D eigenvalue weighted by Crippen LogP contribution is -2.24. The number of nitrogens with zero attached hydrogens (tertiary/aromatic N) is 1. The summed E-state index contributed by atoms with van der Waals surface area (Å²) in [4.78, 5) is 0. The first kappa shape index (κ1) is 16.5. The Labute approximate surface area is 144 Å². The third kappa shape index (κ3) is 4.59. The molecule has 0 heterocycles. The molecule has 2 aromatic carbocycles. The Morgan fingerprint density at radius 2 is 2.00 bits per heavy atom. The van der Waals surface area contributed by atoms with Crippen molar-refractivity contribution in [2.45, 2.75) is 0 Å². The smallest absolute Gasteiger partial charge is 0.191 e. The van der Waals surface area contributed by atoms with Gasteiger partial charge in [0.15, 0.2) is 5.11 Å². The van der Waals surface area contributed by atoms with Gasteiger partial charge >= 0.3 is 0 Å². The molecule has 2 N–H and O–H groups in total. The molecule has 114 valence electrons. The highest BCUT2D eigenvalue weighted by Gasteiger charge is 2.03. The Morgan fingerprint density at radius 3 is 2.73 bits per heavy atom. The minimum atomic E-state index is 0.339. The number of ether oxygens (including phenoxy) is 1. The van der Waals surface area contributed by atoms with E-state index in [0.29, 0.717) is 20.9 Å². The lowest BCUT2D eigenvalue weighted by atomic mass is 10.2. The molecule has 0 unspecified atom stereocenters. The van der Waals surface area contributed by atoms with Crippen LogP contribution in [0.2, 0.25) is 10.0 Å². The normalized spacial score (nSPS) is 10.5. The van der Waals surface area contributed by atoms with Gasteiger partial charge in [0.1, 0.15) is 5.75 Å².